The Hall–Kier alpha value is -2.40. The van der Waals surface area contributed by atoms with Gasteiger partial charge in [0, 0.05) is 11.8 Å². The molecule has 1 saturated carbocycles. The number of aliphatic hydroxyl groups is 1. The summed E-state index contributed by atoms with van der Waals surface area (Å²) in [5, 5.41) is 12.4. The fourth-order valence-corrected chi connectivity index (χ4v) is 4.43. The lowest BCUT2D eigenvalue weighted by Crippen LogP contribution is -2.42. The molecule has 142 valence electrons. The van der Waals surface area contributed by atoms with Crippen LogP contribution in [-0.2, 0) is 9.59 Å². The van der Waals surface area contributed by atoms with Crippen molar-refractivity contribution in [2.45, 2.75) is 44.6 Å². The van der Waals surface area contributed by atoms with Gasteiger partial charge < -0.3 is 9.84 Å². The number of hydrogen-bond donors (Lipinski definition) is 1. The molecular weight excluding hydrogens is 342 g/mol. The van der Waals surface area contributed by atoms with Crippen molar-refractivity contribution < 1.29 is 19.4 Å². The molecule has 2 fully saturated rings. The number of fused-ring (bicyclic) bond motifs is 1. The Kier molecular flexibility index (Phi) is 4.87. The van der Waals surface area contributed by atoms with E-state index in [1.807, 2.05) is 42.5 Å². The molecule has 0 bridgehead atoms. The summed E-state index contributed by atoms with van der Waals surface area (Å²) in [5.41, 5.74) is -0.508. The van der Waals surface area contributed by atoms with Gasteiger partial charge in [-0.15, -0.1) is 0 Å². The van der Waals surface area contributed by atoms with Crippen molar-refractivity contribution >= 4 is 22.6 Å². The van der Waals surface area contributed by atoms with Crippen LogP contribution in [0.15, 0.2) is 42.5 Å². The van der Waals surface area contributed by atoms with Crippen LogP contribution in [0.1, 0.15) is 38.5 Å². The van der Waals surface area contributed by atoms with Crippen LogP contribution in [0.3, 0.4) is 0 Å². The van der Waals surface area contributed by atoms with Gasteiger partial charge in [0.1, 0.15) is 18.5 Å². The lowest BCUT2D eigenvalue weighted by Gasteiger charge is -2.30. The fourth-order valence-electron chi connectivity index (χ4n) is 4.43. The molecule has 2 amide bonds. The van der Waals surface area contributed by atoms with Gasteiger partial charge in [-0.05, 0) is 24.3 Å². The zero-order valence-electron chi connectivity index (χ0n) is 15.4. The second-order valence-electron chi connectivity index (χ2n) is 7.77. The molecule has 2 aromatic carbocycles. The molecule has 0 radical (unpaired) electrons. The second kappa shape index (κ2) is 7.31. The number of amides is 2. The number of hydrogen-bond acceptors (Lipinski definition) is 4. The molecule has 1 aliphatic heterocycles. The summed E-state index contributed by atoms with van der Waals surface area (Å²) in [7, 11) is 0. The highest BCUT2D eigenvalue weighted by Crippen LogP contribution is 2.45. The topological polar surface area (TPSA) is 66.8 Å². The number of ether oxygens (including phenoxy) is 1. The molecule has 2 aromatic rings. The molecule has 0 aromatic heterocycles. The maximum absolute atomic E-state index is 12.8. The maximum Gasteiger partial charge on any atom is 0.235 e. The van der Waals surface area contributed by atoms with Crippen molar-refractivity contribution in [1.29, 1.82) is 0 Å². The number of imide groups is 1. The lowest BCUT2D eigenvalue weighted by molar-refractivity contribution is -0.144. The fraction of sp³-hybridized carbons (Fsp3) is 0.455. The molecule has 1 aliphatic carbocycles. The summed E-state index contributed by atoms with van der Waals surface area (Å²) >= 11 is 0. The van der Waals surface area contributed by atoms with Crippen LogP contribution >= 0.6 is 0 Å². The van der Waals surface area contributed by atoms with E-state index in [4.69, 9.17) is 4.74 Å². The smallest absolute Gasteiger partial charge is 0.235 e. The average Bonchev–Trinajstić information content (AvgIpc) is 2.91. The van der Waals surface area contributed by atoms with Crippen molar-refractivity contribution in [1.82, 2.24) is 4.90 Å². The first-order valence-electron chi connectivity index (χ1n) is 9.72. The van der Waals surface area contributed by atoms with Crippen LogP contribution in [-0.4, -0.2) is 41.1 Å². The van der Waals surface area contributed by atoms with E-state index in [2.05, 4.69) is 0 Å². The Morgan fingerprint density at radius 2 is 1.78 bits per heavy atom. The van der Waals surface area contributed by atoms with E-state index < -0.39 is 11.5 Å². The summed E-state index contributed by atoms with van der Waals surface area (Å²) in [6.45, 7) is 0.0439. The van der Waals surface area contributed by atoms with Crippen LogP contribution in [0, 0.1) is 5.41 Å². The molecule has 1 atom stereocenters. The number of benzene rings is 2. The molecule has 5 nitrogen and oxygen atoms in total. The van der Waals surface area contributed by atoms with Gasteiger partial charge in [-0.1, -0.05) is 55.7 Å². The quantitative estimate of drug-likeness (QED) is 0.824. The Bertz CT molecular complexity index is 851. The summed E-state index contributed by atoms with van der Waals surface area (Å²) in [6, 6.07) is 13.6. The third-order valence-corrected chi connectivity index (χ3v) is 5.87. The van der Waals surface area contributed by atoms with E-state index in [0.717, 1.165) is 42.9 Å². The van der Waals surface area contributed by atoms with E-state index in [1.54, 1.807) is 0 Å². The lowest BCUT2D eigenvalue weighted by atomic mass is 9.73. The SMILES string of the molecule is O=C1CC2(CCCCC2)C(=O)N1CC(O)COc1cccc2ccccc12. The minimum Gasteiger partial charge on any atom is -0.490 e. The maximum atomic E-state index is 12.8. The molecule has 1 spiro atoms. The summed E-state index contributed by atoms with van der Waals surface area (Å²) in [5.74, 6) is 0.428. The van der Waals surface area contributed by atoms with Crippen LogP contribution in [0.25, 0.3) is 10.8 Å². The zero-order chi connectivity index (χ0) is 18.9. The molecular formula is C22H25NO4. The van der Waals surface area contributed by atoms with Crippen molar-refractivity contribution in [3.63, 3.8) is 0 Å². The normalized spacial score (nSPS) is 20.4. The van der Waals surface area contributed by atoms with Gasteiger partial charge in [0.15, 0.2) is 0 Å². The Balaban J connectivity index is 1.40. The Morgan fingerprint density at radius 1 is 1.04 bits per heavy atom. The molecule has 4 rings (SSSR count). The number of β-amino-alcohol motifs (C(OH)–C–C–N with tert-alkyl or cyclic N) is 1. The number of likely N-dealkylation sites (tertiary alicyclic amines) is 1. The zero-order valence-corrected chi connectivity index (χ0v) is 15.4. The van der Waals surface area contributed by atoms with Gasteiger partial charge in [-0.3, -0.25) is 14.5 Å². The van der Waals surface area contributed by atoms with Crippen molar-refractivity contribution in [3.05, 3.63) is 42.5 Å². The minimum absolute atomic E-state index is 0.00415. The minimum atomic E-state index is -0.907. The number of carbonyl (C=O) groups excluding carboxylic acids is 2. The van der Waals surface area contributed by atoms with E-state index in [-0.39, 0.29) is 25.0 Å². The molecule has 5 heteroatoms. The van der Waals surface area contributed by atoms with Crippen LogP contribution < -0.4 is 4.74 Å². The predicted octanol–water partition coefficient (Wildman–Crippen LogP) is 3.29. The Morgan fingerprint density at radius 3 is 2.59 bits per heavy atom. The van der Waals surface area contributed by atoms with E-state index in [9.17, 15) is 14.7 Å². The van der Waals surface area contributed by atoms with Gasteiger partial charge in [0.25, 0.3) is 0 Å². The third-order valence-electron chi connectivity index (χ3n) is 5.87. The number of rotatable bonds is 5. The molecule has 1 unspecified atom stereocenters. The van der Waals surface area contributed by atoms with Gasteiger partial charge in [0.2, 0.25) is 11.8 Å². The monoisotopic (exact) mass is 367 g/mol. The van der Waals surface area contributed by atoms with E-state index in [0.29, 0.717) is 12.2 Å². The first kappa shape index (κ1) is 18.0. The number of nitrogens with zero attached hydrogens (tertiary/aromatic N) is 1. The molecule has 1 heterocycles. The van der Waals surface area contributed by atoms with E-state index >= 15 is 0 Å². The predicted molar refractivity (Wildman–Crippen MR) is 102 cm³/mol. The highest BCUT2D eigenvalue weighted by molar-refractivity contribution is 6.06. The number of carbonyl (C=O) groups is 2. The highest BCUT2D eigenvalue weighted by Gasteiger charge is 2.51. The first-order chi connectivity index (χ1) is 13.1. The number of aliphatic hydroxyl groups excluding tert-OH is 1. The molecule has 2 aliphatic rings. The largest absolute Gasteiger partial charge is 0.490 e. The summed E-state index contributed by atoms with van der Waals surface area (Å²) in [4.78, 5) is 26.5. The standard InChI is InChI=1S/C22H25NO4/c24-17(15-27-19-10-6-8-16-7-2-3-9-18(16)19)14-23-20(25)13-22(21(23)26)11-4-1-5-12-22/h2-3,6-10,17,24H,1,4-5,11-15H2. The molecule has 27 heavy (non-hydrogen) atoms. The van der Waals surface area contributed by atoms with E-state index in [1.165, 1.54) is 4.90 Å². The third kappa shape index (κ3) is 3.44. The van der Waals surface area contributed by atoms with Crippen molar-refractivity contribution in [3.8, 4) is 5.75 Å². The highest BCUT2D eigenvalue weighted by atomic mass is 16.5. The van der Waals surface area contributed by atoms with Crippen LogP contribution in [0.2, 0.25) is 0 Å². The van der Waals surface area contributed by atoms with Gasteiger partial charge in [-0.25, -0.2) is 0 Å². The second-order valence-corrected chi connectivity index (χ2v) is 7.77. The van der Waals surface area contributed by atoms with Gasteiger partial charge >= 0.3 is 0 Å². The first-order valence-corrected chi connectivity index (χ1v) is 9.72. The molecule has 1 saturated heterocycles. The molecule has 1 N–H and O–H groups in total. The Labute approximate surface area is 158 Å². The van der Waals surface area contributed by atoms with Crippen molar-refractivity contribution in [2.24, 2.45) is 5.41 Å². The average molecular weight is 367 g/mol. The summed E-state index contributed by atoms with van der Waals surface area (Å²) in [6.07, 6.45) is 4.09. The van der Waals surface area contributed by atoms with Crippen molar-refractivity contribution in [2.75, 3.05) is 13.2 Å². The van der Waals surface area contributed by atoms with Gasteiger partial charge in [-0.2, -0.15) is 0 Å². The van der Waals surface area contributed by atoms with Crippen LogP contribution in [0.4, 0.5) is 0 Å². The van der Waals surface area contributed by atoms with Crippen LogP contribution in [0.5, 0.6) is 5.75 Å². The van der Waals surface area contributed by atoms with Gasteiger partial charge in [0.05, 0.1) is 12.0 Å². The summed E-state index contributed by atoms with van der Waals surface area (Å²) < 4.78 is 5.80.